The highest BCUT2D eigenvalue weighted by Crippen LogP contribution is 2.42. The van der Waals surface area contributed by atoms with Gasteiger partial charge in [0.15, 0.2) is 0 Å². The van der Waals surface area contributed by atoms with E-state index >= 15 is 0 Å². The zero-order valence-corrected chi connectivity index (χ0v) is 13.4. The molecular formula is C18H14F4N2O. The average molecular weight is 350 g/mol. The number of nitrogens with one attached hydrogen (secondary N) is 1. The van der Waals surface area contributed by atoms with Crippen molar-refractivity contribution in [1.29, 1.82) is 5.26 Å². The first-order chi connectivity index (χ1) is 11.6. The molecule has 0 amide bonds. The zero-order valence-electron chi connectivity index (χ0n) is 13.4. The van der Waals surface area contributed by atoms with E-state index in [4.69, 9.17) is 10.00 Å². The summed E-state index contributed by atoms with van der Waals surface area (Å²) in [7, 11) is 0. The first-order valence-electron chi connectivity index (χ1n) is 7.48. The topological polar surface area (TPSA) is 45.0 Å². The van der Waals surface area contributed by atoms with Crippen LogP contribution < -0.4 is 5.32 Å². The molecule has 0 aliphatic carbocycles. The minimum absolute atomic E-state index is 0.0963. The van der Waals surface area contributed by atoms with Gasteiger partial charge in [0.2, 0.25) is 6.23 Å². The van der Waals surface area contributed by atoms with Gasteiger partial charge in [0, 0.05) is 16.8 Å². The molecule has 1 atom stereocenters. The molecule has 0 saturated heterocycles. The van der Waals surface area contributed by atoms with E-state index in [0.29, 0.717) is 11.1 Å². The molecule has 25 heavy (non-hydrogen) atoms. The van der Waals surface area contributed by atoms with Crippen molar-refractivity contribution in [2.24, 2.45) is 0 Å². The van der Waals surface area contributed by atoms with Crippen LogP contribution in [-0.2, 0) is 10.3 Å². The Hall–Kier alpha value is -2.59. The quantitative estimate of drug-likeness (QED) is 0.742. The van der Waals surface area contributed by atoms with Crippen LogP contribution in [0.2, 0.25) is 0 Å². The number of nitriles is 1. The second-order valence-electron chi connectivity index (χ2n) is 6.23. The fourth-order valence-electron chi connectivity index (χ4n) is 2.85. The van der Waals surface area contributed by atoms with Gasteiger partial charge in [-0.2, -0.15) is 18.4 Å². The molecule has 0 fully saturated rings. The minimum atomic E-state index is -4.55. The Bertz CT molecular complexity index is 868. The van der Waals surface area contributed by atoms with Gasteiger partial charge >= 0.3 is 6.18 Å². The lowest BCUT2D eigenvalue weighted by molar-refractivity contribution is -0.243. The maximum atomic E-state index is 14.4. The molecule has 1 unspecified atom stereocenters. The lowest BCUT2D eigenvalue weighted by atomic mass is 9.90. The van der Waals surface area contributed by atoms with E-state index in [9.17, 15) is 17.6 Å². The molecule has 1 N–H and O–H groups in total. The number of ether oxygens (including phenoxy) is 1. The van der Waals surface area contributed by atoms with Crippen molar-refractivity contribution in [2.45, 2.75) is 31.9 Å². The number of fused-ring (bicyclic) bond motifs is 1. The van der Waals surface area contributed by atoms with Crippen LogP contribution in [0.25, 0.3) is 11.1 Å². The summed E-state index contributed by atoms with van der Waals surface area (Å²) in [5.74, 6) is -0.666. The Morgan fingerprint density at radius 2 is 1.92 bits per heavy atom. The van der Waals surface area contributed by atoms with Crippen LogP contribution in [0.15, 0.2) is 36.4 Å². The van der Waals surface area contributed by atoms with Crippen molar-refractivity contribution >= 4 is 5.69 Å². The van der Waals surface area contributed by atoms with Crippen LogP contribution in [0.5, 0.6) is 0 Å². The zero-order chi connectivity index (χ0) is 18.4. The molecule has 3 rings (SSSR count). The number of benzene rings is 2. The predicted molar refractivity (Wildman–Crippen MR) is 84.1 cm³/mol. The van der Waals surface area contributed by atoms with Gasteiger partial charge in [0.1, 0.15) is 11.9 Å². The first-order valence-corrected chi connectivity index (χ1v) is 7.48. The summed E-state index contributed by atoms with van der Waals surface area (Å²) in [5, 5.41) is 11.3. The van der Waals surface area contributed by atoms with Crippen LogP contribution in [0.1, 0.15) is 25.0 Å². The Kier molecular flexibility index (Phi) is 3.96. The SMILES string of the molecule is CC1(C)OC(C(F)(F)F)Nc2ccc(-c3cccc(C#N)c3F)cc21. The van der Waals surface area contributed by atoms with Crippen LogP contribution in [-0.4, -0.2) is 12.4 Å². The molecule has 0 bridgehead atoms. The summed E-state index contributed by atoms with van der Waals surface area (Å²) in [4.78, 5) is 0. The third-order valence-corrected chi connectivity index (χ3v) is 4.09. The van der Waals surface area contributed by atoms with Crippen molar-refractivity contribution in [2.75, 3.05) is 5.32 Å². The maximum absolute atomic E-state index is 14.4. The number of hydrogen-bond acceptors (Lipinski definition) is 3. The standard InChI is InChI=1S/C18H14F4N2O/c1-17(2)13-8-10(12-5-3-4-11(9-23)15(12)19)6-7-14(13)24-16(25-17)18(20,21)22/h3-8,16,24H,1-2H3. The van der Waals surface area contributed by atoms with E-state index in [-0.39, 0.29) is 16.8 Å². The molecular weight excluding hydrogens is 336 g/mol. The number of anilines is 1. The molecule has 0 aromatic heterocycles. The van der Waals surface area contributed by atoms with Gasteiger partial charge in [-0.25, -0.2) is 4.39 Å². The fraction of sp³-hybridized carbons (Fsp3) is 0.278. The van der Waals surface area contributed by atoms with Crippen molar-refractivity contribution < 1.29 is 22.3 Å². The van der Waals surface area contributed by atoms with Gasteiger partial charge in [-0.05, 0) is 37.6 Å². The average Bonchev–Trinajstić information content (AvgIpc) is 2.53. The Labute approximate surface area is 141 Å². The van der Waals surface area contributed by atoms with E-state index in [0.717, 1.165) is 0 Å². The highest BCUT2D eigenvalue weighted by atomic mass is 19.4. The number of hydrogen-bond donors (Lipinski definition) is 1. The summed E-state index contributed by atoms with van der Waals surface area (Å²) < 4.78 is 58.5. The lowest BCUT2D eigenvalue weighted by Crippen LogP contribution is -2.47. The van der Waals surface area contributed by atoms with E-state index in [2.05, 4.69) is 5.32 Å². The summed E-state index contributed by atoms with van der Waals surface area (Å²) in [6.45, 7) is 3.05. The molecule has 1 aliphatic rings. The highest BCUT2D eigenvalue weighted by molar-refractivity contribution is 5.71. The van der Waals surface area contributed by atoms with Gasteiger partial charge in [-0.1, -0.05) is 18.2 Å². The van der Waals surface area contributed by atoms with Crippen molar-refractivity contribution in [3.63, 3.8) is 0 Å². The Morgan fingerprint density at radius 3 is 2.56 bits per heavy atom. The monoisotopic (exact) mass is 350 g/mol. The molecule has 0 saturated carbocycles. The fourth-order valence-corrected chi connectivity index (χ4v) is 2.85. The maximum Gasteiger partial charge on any atom is 0.433 e. The van der Waals surface area contributed by atoms with Gasteiger partial charge in [-0.15, -0.1) is 0 Å². The molecule has 3 nitrogen and oxygen atoms in total. The smallest absolute Gasteiger partial charge is 0.352 e. The molecule has 130 valence electrons. The van der Waals surface area contributed by atoms with E-state index in [1.165, 1.54) is 38.1 Å². The summed E-state index contributed by atoms with van der Waals surface area (Å²) in [5.41, 5.74) is 0.0976. The van der Waals surface area contributed by atoms with Gasteiger partial charge in [-0.3, -0.25) is 0 Å². The summed E-state index contributed by atoms with van der Waals surface area (Å²) in [6, 6.07) is 10.8. The second kappa shape index (κ2) is 5.74. The first kappa shape index (κ1) is 17.2. The van der Waals surface area contributed by atoms with Crippen LogP contribution in [0.3, 0.4) is 0 Å². The van der Waals surface area contributed by atoms with Crippen molar-refractivity contribution in [3.8, 4) is 17.2 Å². The Balaban J connectivity index is 2.09. The van der Waals surface area contributed by atoms with Crippen LogP contribution in [0.4, 0.5) is 23.2 Å². The highest BCUT2D eigenvalue weighted by Gasteiger charge is 2.47. The molecule has 2 aromatic rings. The van der Waals surface area contributed by atoms with Gasteiger partial charge < -0.3 is 10.1 Å². The lowest BCUT2D eigenvalue weighted by Gasteiger charge is -2.39. The van der Waals surface area contributed by atoms with Gasteiger partial charge in [0.25, 0.3) is 0 Å². The normalized spacial score (nSPS) is 18.8. The number of alkyl halides is 3. The van der Waals surface area contributed by atoms with Crippen molar-refractivity contribution in [1.82, 2.24) is 0 Å². The summed E-state index contributed by atoms with van der Waals surface area (Å²) >= 11 is 0. The second-order valence-corrected chi connectivity index (χ2v) is 6.23. The number of rotatable bonds is 1. The molecule has 7 heteroatoms. The molecule has 1 heterocycles. The molecule has 2 aromatic carbocycles. The predicted octanol–water partition coefficient (Wildman–Crippen LogP) is 4.93. The van der Waals surface area contributed by atoms with E-state index < -0.39 is 23.8 Å². The summed E-state index contributed by atoms with van der Waals surface area (Å²) in [6.07, 6.45) is -6.67. The van der Waals surface area contributed by atoms with Crippen LogP contribution in [0, 0.1) is 17.1 Å². The molecule has 1 aliphatic heterocycles. The largest absolute Gasteiger partial charge is 0.433 e. The van der Waals surface area contributed by atoms with E-state index in [1.807, 2.05) is 0 Å². The minimum Gasteiger partial charge on any atom is -0.352 e. The number of nitrogens with zero attached hydrogens (tertiary/aromatic N) is 1. The van der Waals surface area contributed by atoms with Crippen molar-refractivity contribution in [3.05, 3.63) is 53.3 Å². The van der Waals surface area contributed by atoms with E-state index in [1.54, 1.807) is 18.2 Å². The Morgan fingerprint density at radius 1 is 1.20 bits per heavy atom. The van der Waals surface area contributed by atoms with Gasteiger partial charge in [0.05, 0.1) is 11.2 Å². The third kappa shape index (κ3) is 3.05. The third-order valence-electron chi connectivity index (χ3n) is 4.09. The molecule has 0 spiro atoms. The number of halogens is 4. The molecule has 0 radical (unpaired) electrons. The van der Waals surface area contributed by atoms with Crippen LogP contribution >= 0.6 is 0 Å².